The Labute approximate surface area is 135 Å². The summed E-state index contributed by atoms with van der Waals surface area (Å²) in [4.78, 5) is 37.7. The molecule has 0 aromatic heterocycles. The fourth-order valence-corrected chi connectivity index (χ4v) is 2.52. The Kier molecular flexibility index (Phi) is 5.33. The fourth-order valence-electron chi connectivity index (χ4n) is 2.52. The Bertz CT molecular complexity index is 600. The molecule has 1 saturated heterocycles. The van der Waals surface area contributed by atoms with Crippen molar-refractivity contribution < 1.29 is 19.3 Å². The molecule has 1 aromatic carbocycles. The molecule has 23 heavy (non-hydrogen) atoms. The van der Waals surface area contributed by atoms with Gasteiger partial charge in [0.15, 0.2) is 6.04 Å². The summed E-state index contributed by atoms with van der Waals surface area (Å²) in [5.74, 6) is -0.291. The highest BCUT2D eigenvalue weighted by Crippen LogP contribution is 2.04. The highest BCUT2D eigenvalue weighted by Gasteiger charge is 2.33. The number of carbonyl (C=O) groups is 3. The van der Waals surface area contributed by atoms with Gasteiger partial charge in [-0.3, -0.25) is 14.5 Å². The van der Waals surface area contributed by atoms with Gasteiger partial charge >= 0.3 is 6.03 Å². The van der Waals surface area contributed by atoms with Crippen molar-refractivity contribution in [2.75, 3.05) is 27.2 Å². The summed E-state index contributed by atoms with van der Waals surface area (Å²) in [7, 11) is 3.51. The maximum atomic E-state index is 12.4. The molecular weight excluding hydrogens is 296 g/mol. The van der Waals surface area contributed by atoms with E-state index in [0.717, 1.165) is 10.5 Å². The lowest BCUT2D eigenvalue weighted by atomic mass is 10.1. The van der Waals surface area contributed by atoms with E-state index in [4.69, 9.17) is 0 Å². The second-order valence-electron chi connectivity index (χ2n) is 5.74. The van der Waals surface area contributed by atoms with Crippen LogP contribution in [0.15, 0.2) is 24.3 Å². The number of hydrogen-bond donors (Lipinski definition) is 3. The van der Waals surface area contributed by atoms with Gasteiger partial charge in [0.1, 0.15) is 6.54 Å². The first kappa shape index (κ1) is 17.0. The predicted octanol–water partition coefficient (Wildman–Crippen LogP) is -0.999. The summed E-state index contributed by atoms with van der Waals surface area (Å²) in [6.07, 6.45) is 0. The van der Waals surface area contributed by atoms with Gasteiger partial charge in [0.05, 0.1) is 7.05 Å². The topological polar surface area (TPSA) is 82.9 Å². The zero-order chi connectivity index (χ0) is 17.0. The molecule has 0 bridgehead atoms. The summed E-state index contributed by atoms with van der Waals surface area (Å²) in [6.45, 7) is 3.39. The van der Waals surface area contributed by atoms with Gasteiger partial charge in [-0.25, -0.2) is 4.79 Å². The van der Waals surface area contributed by atoms with Crippen molar-refractivity contribution in [1.82, 2.24) is 15.5 Å². The zero-order valence-corrected chi connectivity index (χ0v) is 13.7. The lowest BCUT2D eigenvalue weighted by molar-refractivity contribution is -0.908. The Morgan fingerprint density at radius 2 is 2.00 bits per heavy atom. The summed E-state index contributed by atoms with van der Waals surface area (Å²) >= 11 is 0. The van der Waals surface area contributed by atoms with Crippen LogP contribution in [0.25, 0.3) is 0 Å². The highest BCUT2D eigenvalue weighted by molar-refractivity contribution is 5.97. The largest absolute Gasteiger partial charge is 0.355 e. The van der Waals surface area contributed by atoms with Crippen LogP contribution in [-0.4, -0.2) is 56.0 Å². The molecule has 1 heterocycles. The molecule has 1 fully saturated rings. The van der Waals surface area contributed by atoms with Crippen molar-refractivity contribution in [3.8, 4) is 0 Å². The number of likely N-dealkylation sites (N-methyl/N-ethyl adjacent to an activating group) is 1. The van der Waals surface area contributed by atoms with Gasteiger partial charge in [-0.2, -0.15) is 0 Å². The average Bonchev–Trinajstić information content (AvgIpc) is 2.99. The zero-order valence-electron chi connectivity index (χ0n) is 13.7. The van der Waals surface area contributed by atoms with Gasteiger partial charge in [-0.05, 0) is 19.1 Å². The van der Waals surface area contributed by atoms with Gasteiger partial charge in [0, 0.05) is 31.3 Å². The molecule has 7 heteroatoms. The van der Waals surface area contributed by atoms with E-state index < -0.39 is 0 Å². The van der Waals surface area contributed by atoms with Crippen molar-refractivity contribution in [3.63, 3.8) is 0 Å². The number of hydrogen-bond acceptors (Lipinski definition) is 3. The SMILES string of the molecule is CNC(=O)c1ccc(C[NH+](C)[C@H](C)C(=O)N2CCNC2=O)cc1. The van der Waals surface area contributed by atoms with Crippen molar-refractivity contribution in [1.29, 1.82) is 0 Å². The van der Waals surface area contributed by atoms with E-state index in [2.05, 4.69) is 10.6 Å². The molecule has 124 valence electrons. The standard InChI is InChI=1S/C16H22N4O3/c1-11(15(22)20-9-8-18-16(20)23)19(3)10-12-4-6-13(7-5-12)14(21)17-2/h4-7,11H,8-10H2,1-3H3,(H,17,21)(H,18,23)/p+1/t11-/m1/s1. The number of imide groups is 1. The molecule has 0 spiro atoms. The minimum absolute atomic E-state index is 0.124. The third-order valence-corrected chi connectivity index (χ3v) is 4.16. The minimum atomic E-state index is -0.322. The van der Waals surface area contributed by atoms with Crippen LogP contribution in [0.4, 0.5) is 4.79 Å². The maximum absolute atomic E-state index is 12.4. The molecule has 2 atom stereocenters. The number of nitrogens with one attached hydrogen (secondary N) is 3. The minimum Gasteiger partial charge on any atom is -0.355 e. The first-order chi connectivity index (χ1) is 10.9. The molecule has 1 unspecified atom stereocenters. The average molecular weight is 319 g/mol. The lowest BCUT2D eigenvalue weighted by Crippen LogP contribution is -3.12. The van der Waals surface area contributed by atoms with E-state index in [0.29, 0.717) is 25.2 Å². The van der Waals surface area contributed by atoms with Crippen LogP contribution in [0.2, 0.25) is 0 Å². The van der Waals surface area contributed by atoms with E-state index >= 15 is 0 Å². The molecule has 0 radical (unpaired) electrons. The van der Waals surface area contributed by atoms with E-state index in [9.17, 15) is 14.4 Å². The number of nitrogens with zero attached hydrogens (tertiary/aromatic N) is 1. The van der Waals surface area contributed by atoms with Crippen LogP contribution in [-0.2, 0) is 11.3 Å². The smallest absolute Gasteiger partial charge is 0.324 e. The molecular formula is C16H23N4O3+. The third kappa shape index (κ3) is 3.87. The lowest BCUT2D eigenvalue weighted by Gasteiger charge is -2.24. The van der Waals surface area contributed by atoms with Crippen molar-refractivity contribution in [2.45, 2.75) is 19.5 Å². The monoisotopic (exact) mass is 319 g/mol. The highest BCUT2D eigenvalue weighted by atomic mass is 16.2. The maximum Gasteiger partial charge on any atom is 0.324 e. The molecule has 1 aromatic rings. The second kappa shape index (κ2) is 7.23. The van der Waals surface area contributed by atoms with Crippen LogP contribution in [0.1, 0.15) is 22.8 Å². The normalized spacial score (nSPS) is 16.7. The molecule has 0 saturated carbocycles. The molecule has 0 aliphatic carbocycles. The van der Waals surface area contributed by atoms with Crippen LogP contribution < -0.4 is 15.5 Å². The predicted molar refractivity (Wildman–Crippen MR) is 85.0 cm³/mol. The van der Waals surface area contributed by atoms with E-state index in [-0.39, 0.29) is 23.9 Å². The summed E-state index contributed by atoms with van der Waals surface area (Å²) in [5.41, 5.74) is 1.63. The van der Waals surface area contributed by atoms with Gasteiger partial charge in [0.25, 0.3) is 11.8 Å². The number of benzene rings is 1. The van der Waals surface area contributed by atoms with Crippen LogP contribution in [0.5, 0.6) is 0 Å². The number of carbonyl (C=O) groups excluding carboxylic acids is 3. The number of urea groups is 1. The summed E-state index contributed by atoms with van der Waals surface area (Å²) in [5, 5.41) is 5.21. The molecule has 1 aliphatic rings. The Morgan fingerprint density at radius 3 is 2.52 bits per heavy atom. The number of rotatable bonds is 5. The molecule has 1 aliphatic heterocycles. The van der Waals surface area contributed by atoms with Crippen molar-refractivity contribution in [2.24, 2.45) is 0 Å². The Balaban J connectivity index is 1.97. The number of amides is 4. The molecule has 2 rings (SSSR count). The number of quaternary nitrogens is 1. The van der Waals surface area contributed by atoms with Gasteiger partial charge in [0.2, 0.25) is 0 Å². The molecule has 4 amide bonds. The van der Waals surface area contributed by atoms with Crippen LogP contribution in [0, 0.1) is 0 Å². The van der Waals surface area contributed by atoms with Crippen LogP contribution >= 0.6 is 0 Å². The Hall–Kier alpha value is -2.41. The van der Waals surface area contributed by atoms with E-state index in [1.807, 2.05) is 26.1 Å². The molecule has 3 N–H and O–H groups in total. The van der Waals surface area contributed by atoms with Gasteiger partial charge < -0.3 is 15.5 Å². The van der Waals surface area contributed by atoms with Gasteiger partial charge in [-0.15, -0.1) is 0 Å². The second-order valence-corrected chi connectivity index (χ2v) is 5.74. The van der Waals surface area contributed by atoms with Crippen LogP contribution in [0.3, 0.4) is 0 Å². The fraction of sp³-hybridized carbons (Fsp3) is 0.438. The van der Waals surface area contributed by atoms with Crippen molar-refractivity contribution >= 4 is 17.8 Å². The van der Waals surface area contributed by atoms with Gasteiger partial charge in [-0.1, -0.05) is 12.1 Å². The van der Waals surface area contributed by atoms with E-state index in [1.165, 1.54) is 4.90 Å². The Morgan fingerprint density at radius 1 is 1.35 bits per heavy atom. The first-order valence-electron chi connectivity index (χ1n) is 7.66. The van der Waals surface area contributed by atoms with E-state index in [1.54, 1.807) is 19.2 Å². The third-order valence-electron chi connectivity index (χ3n) is 4.16. The first-order valence-corrected chi connectivity index (χ1v) is 7.66. The quantitative estimate of drug-likeness (QED) is 0.651. The molecule has 7 nitrogen and oxygen atoms in total. The summed E-state index contributed by atoms with van der Waals surface area (Å²) < 4.78 is 0. The summed E-state index contributed by atoms with van der Waals surface area (Å²) in [6, 6.07) is 6.66. The van der Waals surface area contributed by atoms with Crippen molar-refractivity contribution in [3.05, 3.63) is 35.4 Å².